The molecule has 4 aliphatic rings. The summed E-state index contributed by atoms with van der Waals surface area (Å²) in [4.78, 5) is 103. The Kier molecular flexibility index (Phi) is 24.5. The average Bonchev–Trinajstić information content (AvgIpc) is 3.38. The molecule has 1 saturated carbocycles. The third-order valence-electron chi connectivity index (χ3n) is 13.3. The predicted molar refractivity (Wildman–Crippen MR) is 280 cm³/mol. The fourth-order valence-corrected chi connectivity index (χ4v) is 10.0. The minimum atomic E-state index is -1.90. The summed E-state index contributed by atoms with van der Waals surface area (Å²) in [6.45, 7) is 5.30. The van der Waals surface area contributed by atoms with Crippen LogP contribution in [0, 0.1) is 0 Å². The van der Waals surface area contributed by atoms with Crippen LogP contribution in [0.1, 0.15) is 78.4 Å². The smallest absolute Gasteiger partial charge is 0.410 e. The molecule has 452 valence electrons. The van der Waals surface area contributed by atoms with Gasteiger partial charge in [0.05, 0.1) is 50.1 Å². The highest BCUT2D eigenvalue weighted by atomic mass is 16.8. The monoisotopic (exact) mass is 1180 g/mol. The molecule has 1 aliphatic carbocycles. The topological polar surface area (TPSA) is 438 Å². The maximum atomic E-state index is 13.9. The number of nitrogens with zero attached hydrogens (tertiary/aromatic N) is 13. The molecule has 3 heterocycles. The summed E-state index contributed by atoms with van der Waals surface area (Å²) in [5.41, 5.74) is 40.5. The first-order chi connectivity index (χ1) is 40.3. The van der Waals surface area contributed by atoms with Gasteiger partial charge in [-0.05, 0) is 52.5 Å². The molecule has 33 nitrogen and oxygen atoms in total. The summed E-state index contributed by atoms with van der Waals surface area (Å²) in [5.74, 6) is -5.25. The van der Waals surface area contributed by atoms with Crippen LogP contribution in [0.3, 0.4) is 0 Å². The minimum absolute atomic E-state index is 0.0532. The quantitative estimate of drug-likeness (QED) is 0.0346. The lowest BCUT2D eigenvalue weighted by Gasteiger charge is -2.46. The van der Waals surface area contributed by atoms with Crippen molar-refractivity contribution in [1.29, 1.82) is 0 Å². The lowest BCUT2D eigenvalue weighted by molar-refractivity contribution is -0.306. The highest BCUT2D eigenvalue weighted by Gasteiger charge is 2.58. The van der Waals surface area contributed by atoms with Crippen molar-refractivity contribution in [3.05, 3.63) is 114 Å². The Balaban J connectivity index is 1.42. The maximum absolute atomic E-state index is 13.9. The van der Waals surface area contributed by atoms with E-state index in [0.29, 0.717) is 0 Å². The number of hydrogen-bond donors (Lipinski definition) is 0. The summed E-state index contributed by atoms with van der Waals surface area (Å²) < 4.78 is 78.5. The number of ether oxygens (including phenoxy) is 13. The SMILES string of the molecule is CC(=O)OCC[C@H]1O[C@@H](O[C@H]2[C@H](O[C@H]3O[C@H](CN(Cc4ccccc4)C(=O)OCc4ccccc4)CC[C@H]3OC(C)=O)C(N=[N+]=[N-])CC(N=[N+]=[N-])[C@@H]2OC(C)=O)[C@H](OC(C)=O)[C@@H]1O[C@H]1O[C@@H](CN=[N+]=[N-])[C@@H](OC(C)=O)[C@H](OC(C)=O)C1N=[N+]=[N-]. The van der Waals surface area contributed by atoms with Crippen LogP contribution in [-0.2, 0) is 103 Å². The lowest BCUT2D eigenvalue weighted by Crippen LogP contribution is -2.62. The number of carbonyl (C=O) groups is 7. The molecule has 0 aromatic heterocycles. The molecule has 84 heavy (non-hydrogen) atoms. The molecule has 2 aromatic rings. The second-order valence-electron chi connectivity index (χ2n) is 19.5. The molecule has 3 aliphatic heterocycles. The summed E-state index contributed by atoms with van der Waals surface area (Å²) in [5, 5.41) is 15.1. The molecule has 3 saturated heterocycles. The van der Waals surface area contributed by atoms with E-state index in [2.05, 4.69) is 40.1 Å². The third-order valence-corrected chi connectivity index (χ3v) is 13.3. The van der Waals surface area contributed by atoms with Crippen molar-refractivity contribution in [3.63, 3.8) is 0 Å². The minimum Gasteiger partial charge on any atom is -0.466 e. The number of esters is 6. The Morgan fingerprint density at radius 2 is 1.08 bits per heavy atom. The van der Waals surface area contributed by atoms with E-state index in [1.54, 1.807) is 36.4 Å². The van der Waals surface area contributed by atoms with Crippen LogP contribution in [0.15, 0.2) is 81.1 Å². The number of amides is 1. The van der Waals surface area contributed by atoms with Crippen molar-refractivity contribution in [2.45, 2.75) is 185 Å². The molecule has 2 aromatic carbocycles. The Morgan fingerprint density at radius 3 is 1.68 bits per heavy atom. The largest absolute Gasteiger partial charge is 0.466 e. The van der Waals surface area contributed by atoms with Gasteiger partial charge in [-0.3, -0.25) is 28.8 Å². The first kappa shape index (κ1) is 64.7. The second-order valence-corrected chi connectivity index (χ2v) is 19.5. The van der Waals surface area contributed by atoms with Crippen molar-refractivity contribution >= 4 is 41.9 Å². The van der Waals surface area contributed by atoms with E-state index < -0.39 is 153 Å². The fraction of sp³-hybridized carbons (Fsp3) is 0.627. The van der Waals surface area contributed by atoms with E-state index in [4.69, 9.17) is 61.6 Å². The average molecular weight is 1180 g/mol. The number of hydrogen-bond acceptors (Lipinski definition) is 24. The van der Waals surface area contributed by atoms with E-state index in [-0.39, 0.29) is 52.0 Å². The molecular formula is C51H63N13O20. The Hall–Kier alpha value is -8.47. The van der Waals surface area contributed by atoms with Crippen molar-refractivity contribution in [2.75, 3.05) is 19.7 Å². The third kappa shape index (κ3) is 18.5. The van der Waals surface area contributed by atoms with Gasteiger partial charge in [0, 0.05) is 74.2 Å². The molecule has 17 atom stereocenters. The number of azide groups is 4. The van der Waals surface area contributed by atoms with Crippen LogP contribution >= 0.6 is 0 Å². The van der Waals surface area contributed by atoms with Crippen LogP contribution < -0.4 is 0 Å². The van der Waals surface area contributed by atoms with Gasteiger partial charge in [-0.15, -0.1) is 0 Å². The molecule has 0 N–H and O–H groups in total. The fourth-order valence-electron chi connectivity index (χ4n) is 10.0. The van der Waals surface area contributed by atoms with E-state index >= 15 is 0 Å². The van der Waals surface area contributed by atoms with Gasteiger partial charge in [-0.25, -0.2) is 4.79 Å². The Labute approximate surface area is 479 Å². The first-order valence-corrected chi connectivity index (χ1v) is 26.4. The van der Waals surface area contributed by atoms with E-state index in [1.165, 1.54) is 4.90 Å². The standard InChI is InChI=1S/C51H63N13O20/c1-26(65)72-20-19-37-43(83-49-40(59-63-55)45(77-30(5)69)44(76-29(4)68)39(81-49)22-56-60-52)47(78-31(6)70)50(80-37)84-46-41(75-28(3)67)35(57-61-53)21-36(58-62-54)42(46)82-48-38(74-27(2)66)18-17-34(79-48)24-64(23-32-13-9-7-10-14-32)51(71)73-25-33-15-11-8-12-16-33/h7-16,34-50H,17-25H2,1-6H3/t34-,35?,36?,37+,38+,39-,40?,41-,42+,43+,44+,45+,46+,47+,48+,49+,50-/m0/s1. The molecule has 0 spiro atoms. The van der Waals surface area contributed by atoms with Crippen LogP contribution in [-0.4, -0.2) is 171 Å². The van der Waals surface area contributed by atoms with Crippen LogP contribution in [0.2, 0.25) is 0 Å². The predicted octanol–water partition coefficient (Wildman–Crippen LogP) is 6.30. The van der Waals surface area contributed by atoms with Gasteiger partial charge in [-0.1, -0.05) is 81.1 Å². The summed E-state index contributed by atoms with van der Waals surface area (Å²) >= 11 is 0. The van der Waals surface area contributed by atoms with Crippen molar-refractivity contribution in [3.8, 4) is 0 Å². The molecule has 4 fully saturated rings. The number of carbonyl (C=O) groups excluding carboxylic acids is 7. The Morgan fingerprint density at radius 1 is 0.536 bits per heavy atom. The van der Waals surface area contributed by atoms with Gasteiger partial charge >= 0.3 is 41.9 Å². The van der Waals surface area contributed by atoms with Crippen LogP contribution in [0.25, 0.3) is 41.8 Å². The normalized spacial score (nSPS) is 29.7. The Bertz CT molecular complexity index is 2820. The van der Waals surface area contributed by atoms with Crippen molar-refractivity contribution < 1.29 is 95.1 Å². The van der Waals surface area contributed by atoms with Gasteiger partial charge in [0.1, 0.15) is 37.1 Å². The molecule has 6 rings (SSSR count). The first-order valence-electron chi connectivity index (χ1n) is 26.4. The van der Waals surface area contributed by atoms with E-state index in [0.717, 1.165) is 52.7 Å². The van der Waals surface area contributed by atoms with Gasteiger partial charge < -0.3 is 66.5 Å². The zero-order chi connectivity index (χ0) is 60.9. The maximum Gasteiger partial charge on any atom is 0.410 e. The van der Waals surface area contributed by atoms with E-state index in [9.17, 15) is 55.7 Å². The number of benzene rings is 2. The number of rotatable bonds is 25. The molecule has 3 unspecified atom stereocenters. The zero-order valence-corrected chi connectivity index (χ0v) is 46.4. The highest BCUT2D eigenvalue weighted by Crippen LogP contribution is 2.41. The molecule has 0 radical (unpaired) electrons. The van der Waals surface area contributed by atoms with Gasteiger partial charge in [-0.2, -0.15) is 0 Å². The molecular weight excluding hydrogens is 1110 g/mol. The summed E-state index contributed by atoms with van der Waals surface area (Å²) in [7, 11) is 0. The van der Waals surface area contributed by atoms with Crippen LogP contribution in [0.4, 0.5) is 4.79 Å². The highest BCUT2D eigenvalue weighted by molar-refractivity contribution is 5.69. The van der Waals surface area contributed by atoms with Gasteiger partial charge in [0.25, 0.3) is 0 Å². The molecule has 33 heteroatoms. The summed E-state index contributed by atoms with van der Waals surface area (Å²) in [6.07, 6.45) is -23.2. The molecule has 1 amide bonds. The van der Waals surface area contributed by atoms with Gasteiger partial charge in [0.2, 0.25) is 0 Å². The van der Waals surface area contributed by atoms with Crippen molar-refractivity contribution in [1.82, 2.24) is 4.90 Å². The zero-order valence-electron chi connectivity index (χ0n) is 46.4. The lowest BCUT2D eigenvalue weighted by atomic mass is 9.84. The second kappa shape index (κ2) is 31.8. The van der Waals surface area contributed by atoms with Crippen LogP contribution in [0.5, 0.6) is 0 Å². The summed E-state index contributed by atoms with van der Waals surface area (Å²) in [6, 6.07) is 13.5. The van der Waals surface area contributed by atoms with Gasteiger partial charge in [0.15, 0.2) is 43.3 Å². The van der Waals surface area contributed by atoms with Crippen molar-refractivity contribution in [2.24, 2.45) is 20.5 Å². The molecule has 0 bridgehead atoms. The van der Waals surface area contributed by atoms with E-state index in [1.807, 2.05) is 24.3 Å².